The van der Waals surface area contributed by atoms with Crippen molar-refractivity contribution in [2.45, 2.75) is 18.4 Å². The summed E-state index contributed by atoms with van der Waals surface area (Å²) in [6.07, 6.45) is 11.2. The molecule has 14 heavy (non-hydrogen) atoms. The first-order valence-corrected chi connectivity index (χ1v) is 4.95. The highest BCUT2D eigenvalue weighted by atomic mass is 16.3. The maximum absolute atomic E-state index is 10.5. The van der Waals surface area contributed by atoms with Crippen LogP contribution in [0.15, 0.2) is 30.9 Å². The molecule has 2 aliphatic rings. The van der Waals surface area contributed by atoms with Crippen LogP contribution >= 0.6 is 0 Å². The summed E-state index contributed by atoms with van der Waals surface area (Å²) in [5.74, 6) is 0.809. The van der Waals surface area contributed by atoms with Crippen LogP contribution in [0.3, 0.4) is 0 Å². The monoisotopic (exact) mass is 188 g/mol. The zero-order valence-corrected chi connectivity index (χ0v) is 7.80. The zero-order valence-electron chi connectivity index (χ0n) is 7.80. The van der Waals surface area contributed by atoms with Crippen LogP contribution in [0.4, 0.5) is 0 Å². The first-order valence-electron chi connectivity index (χ1n) is 4.95. The molecule has 1 fully saturated rings. The molecule has 3 rings (SSSR count). The van der Waals surface area contributed by atoms with Gasteiger partial charge in [-0.25, -0.2) is 9.97 Å². The molecule has 3 unspecified atom stereocenters. The van der Waals surface area contributed by atoms with Crippen LogP contribution in [-0.2, 0) is 5.60 Å². The van der Waals surface area contributed by atoms with Crippen molar-refractivity contribution >= 4 is 0 Å². The Hall–Kier alpha value is -1.22. The lowest BCUT2D eigenvalue weighted by molar-refractivity contribution is 0.00967. The first kappa shape index (κ1) is 8.12. The lowest BCUT2D eigenvalue weighted by Gasteiger charge is -2.29. The molecule has 0 saturated heterocycles. The van der Waals surface area contributed by atoms with Gasteiger partial charge in [-0.1, -0.05) is 12.2 Å². The summed E-state index contributed by atoms with van der Waals surface area (Å²) < 4.78 is 0. The first-order chi connectivity index (χ1) is 6.79. The molecule has 2 bridgehead atoms. The second-order valence-corrected chi connectivity index (χ2v) is 4.24. The normalized spacial score (nSPS) is 39.2. The van der Waals surface area contributed by atoms with E-state index in [9.17, 15) is 5.11 Å². The van der Waals surface area contributed by atoms with E-state index in [-0.39, 0.29) is 5.92 Å². The summed E-state index contributed by atoms with van der Waals surface area (Å²) in [5.41, 5.74) is 0.151. The summed E-state index contributed by atoms with van der Waals surface area (Å²) in [6.45, 7) is 0. The predicted molar refractivity (Wildman–Crippen MR) is 51.3 cm³/mol. The van der Waals surface area contributed by atoms with Gasteiger partial charge in [-0.3, -0.25) is 0 Å². The van der Waals surface area contributed by atoms with Gasteiger partial charge in [0, 0.05) is 23.9 Å². The van der Waals surface area contributed by atoms with E-state index in [1.54, 1.807) is 12.4 Å². The highest BCUT2D eigenvalue weighted by molar-refractivity contribution is 5.26. The molecule has 1 aromatic rings. The number of hydrogen-bond acceptors (Lipinski definition) is 3. The van der Waals surface area contributed by atoms with E-state index in [2.05, 4.69) is 22.1 Å². The van der Waals surface area contributed by atoms with Crippen LogP contribution in [0.25, 0.3) is 0 Å². The fourth-order valence-electron chi connectivity index (χ4n) is 2.69. The van der Waals surface area contributed by atoms with Gasteiger partial charge in [0.15, 0.2) is 0 Å². The van der Waals surface area contributed by atoms with Crippen molar-refractivity contribution in [1.82, 2.24) is 9.97 Å². The summed E-state index contributed by atoms with van der Waals surface area (Å²) in [5, 5.41) is 10.5. The molecule has 1 heterocycles. The number of rotatable bonds is 1. The van der Waals surface area contributed by atoms with Gasteiger partial charge in [0.25, 0.3) is 0 Å². The molecule has 0 spiro atoms. The number of allylic oxidation sites excluding steroid dienone is 1. The van der Waals surface area contributed by atoms with E-state index in [1.807, 2.05) is 0 Å². The molecule has 0 amide bonds. The highest BCUT2D eigenvalue weighted by Crippen LogP contribution is 2.51. The molecule has 0 aliphatic heterocycles. The molecular weight excluding hydrogens is 176 g/mol. The van der Waals surface area contributed by atoms with Gasteiger partial charge in [-0.15, -0.1) is 0 Å². The Morgan fingerprint density at radius 3 is 2.64 bits per heavy atom. The largest absolute Gasteiger partial charge is 0.384 e. The number of aromatic nitrogens is 2. The zero-order chi connectivity index (χ0) is 9.60. The van der Waals surface area contributed by atoms with Gasteiger partial charge < -0.3 is 5.11 Å². The standard InChI is InChI=1S/C11H12N2O/c14-11(10-5-12-7-13-6-10)4-8-1-2-9(11)3-8/h1-2,5-9,14H,3-4H2. The third-order valence-electron chi connectivity index (χ3n) is 3.42. The molecule has 0 radical (unpaired) electrons. The average Bonchev–Trinajstić information content (AvgIpc) is 2.79. The summed E-state index contributed by atoms with van der Waals surface area (Å²) in [7, 11) is 0. The fraction of sp³-hybridized carbons (Fsp3) is 0.455. The Morgan fingerprint density at radius 2 is 2.07 bits per heavy atom. The number of fused-ring (bicyclic) bond motifs is 2. The smallest absolute Gasteiger partial charge is 0.115 e. The molecule has 3 nitrogen and oxygen atoms in total. The van der Waals surface area contributed by atoms with Crippen molar-refractivity contribution in [3.8, 4) is 0 Å². The maximum Gasteiger partial charge on any atom is 0.115 e. The molecule has 3 atom stereocenters. The van der Waals surface area contributed by atoms with Crippen LogP contribution in [-0.4, -0.2) is 15.1 Å². The van der Waals surface area contributed by atoms with Crippen molar-refractivity contribution in [2.24, 2.45) is 11.8 Å². The maximum atomic E-state index is 10.5. The average molecular weight is 188 g/mol. The minimum atomic E-state index is -0.708. The van der Waals surface area contributed by atoms with Crippen molar-refractivity contribution < 1.29 is 5.11 Å². The Bertz CT molecular complexity index is 376. The van der Waals surface area contributed by atoms with Crippen molar-refractivity contribution in [1.29, 1.82) is 0 Å². The molecule has 0 aromatic carbocycles. The topological polar surface area (TPSA) is 46.0 Å². The minimum Gasteiger partial charge on any atom is -0.384 e. The lowest BCUT2D eigenvalue weighted by Crippen LogP contribution is -2.30. The molecule has 2 aliphatic carbocycles. The van der Waals surface area contributed by atoms with Gasteiger partial charge in [0.05, 0.1) is 5.60 Å². The van der Waals surface area contributed by atoms with E-state index in [0.717, 1.165) is 18.4 Å². The second kappa shape index (κ2) is 2.64. The van der Waals surface area contributed by atoms with Gasteiger partial charge in [-0.2, -0.15) is 0 Å². The number of hydrogen-bond donors (Lipinski definition) is 1. The molecule has 1 N–H and O–H groups in total. The van der Waals surface area contributed by atoms with E-state index in [0.29, 0.717) is 5.92 Å². The Labute approximate surface area is 82.5 Å². The molecule has 3 heteroatoms. The predicted octanol–water partition coefficient (Wildman–Crippen LogP) is 1.26. The second-order valence-electron chi connectivity index (χ2n) is 4.24. The number of aliphatic hydroxyl groups is 1. The van der Waals surface area contributed by atoms with E-state index in [1.165, 1.54) is 6.33 Å². The van der Waals surface area contributed by atoms with E-state index < -0.39 is 5.60 Å². The van der Waals surface area contributed by atoms with Crippen LogP contribution in [0, 0.1) is 11.8 Å². The van der Waals surface area contributed by atoms with Gasteiger partial charge in [0.1, 0.15) is 6.33 Å². The van der Waals surface area contributed by atoms with Gasteiger partial charge in [0.2, 0.25) is 0 Å². The van der Waals surface area contributed by atoms with Crippen molar-refractivity contribution in [2.75, 3.05) is 0 Å². The highest BCUT2D eigenvalue weighted by Gasteiger charge is 2.48. The van der Waals surface area contributed by atoms with Crippen LogP contribution < -0.4 is 0 Å². The van der Waals surface area contributed by atoms with E-state index >= 15 is 0 Å². The van der Waals surface area contributed by atoms with Crippen molar-refractivity contribution in [3.63, 3.8) is 0 Å². The minimum absolute atomic E-state index is 0.262. The SMILES string of the molecule is OC1(c2cncnc2)CC2C=CC1C2. The molecular formula is C11H12N2O. The fourth-order valence-corrected chi connectivity index (χ4v) is 2.69. The molecule has 1 saturated carbocycles. The summed E-state index contributed by atoms with van der Waals surface area (Å²) in [4.78, 5) is 7.93. The van der Waals surface area contributed by atoms with Gasteiger partial charge >= 0.3 is 0 Å². The Kier molecular flexibility index (Phi) is 1.53. The van der Waals surface area contributed by atoms with Crippen molar-refractivity contribution in [3.05, 3.63) is 36.4 Å². The third-order valence-corrected chi connectivity index (χ3v) is 3.42. The van der Waals surface area contributed by atoms with Gasteiger partial charge in [-0.05, 0) is 18.8 Å². The lowest BCUT2D eigenvalue weighted by atomic mass is 9.83. The third kappa shape index (κ3) is 0.960. The molecule has 72 valence electrons. The van der Waals surface area contributed by atoms with Crippen LogP contribution in [0.1, 0.15) is 18.4 Å². The van der Waals surface area contributed by atoms with E-state index in [4.69, 9.17) is 0 Å². The number of nitrogens with zero attached hydrogens (tertiary/aromatic N) is 2. The summed E-state index contributed by atoms with van der Waals surface area (Å²) >= 11 is 0. The Morgan fingerprint density at radius 1 is 1.29 bits per heavy atom. The molecule has 1 aromatic heterocycles. The van der Waals surface area contributed by atoms with Crippen LogP contribution in [0.2, 0.25) is 0 Å². The quantitative estimate of drug-likeness (QED) is 0.675. The summed E-state index contributed by atoms with van der Waals surface area (Å²) in [6, 6.07) is 0. The Balaban J connectivity index is 2.03. The van der Waals surface area contributed by atoms with Crippen LogP contribution in [0.5, 0.6) is 0 Å².